The van der Waals surface area contributed by atoms with E-state index in [2.05, 4.69) is 26.5 Å². The first kappa shape index (κ1) is 24.6. The van der Waals surface area contributed by atoms with E-state index >= 15 is 0 Å². The summed E-state index contributed by atoms with van der Waals surface area (Å²) in [4.78, 5) is 37.5. The van der Waals surface area contributed by atoms with Crippen LogP contribution in [0.1, 0.15) is 36.6 Å². The van der Waals surface area contributed by atoms with E-state index in [1.54, 1.807) is 91.0 Å². The third kappa shape index (κ3) is 6.31. The number of hydrogen-bond acceptors (Lipinski definition) is 6. The predicted octanol–water partition coefficient (Wildman–Crippen LogP) is 5.65. The van der Waals surface area contributed by atoms with Gasteiger partial charge in [-0.3, -0.25) is 4.79 Å². The van der Waals surface area contributed by atoms with Gasteiger partial charge in [0.2, 0.25) is 0 Å². The Balaban J connectivity index is 1.56. The van der Waals surface area contributed by atoms with E-state index in [9.17, 15) is 14.4 Å². The molecule has 0 saturated heterocycles. The van der Waals surface area contributed by atoms with Gasteiger partial charge in [-0.1, -0.05) is 48.5 Å². The molecule has 0 aliphatic carbocycles. The fourth-order valence-corrected chi connectivity index (χ4v) is 3.58. The Morgan fingerprint density at radius 2 is 1.31 bits per heavy atom. The van der Waals surface area contributed by atoms with E-state index < -0.39 is 17.8 Å². The molecule has 178 valence electrons. The Kier molecular flexibility index (Phi) is 8.00. The van der Waals surface area contributed by atoms with Crippen LogP contribution in [0.4, 0.5) is 0 Å². The Hall–Kier alpha value is -4.56. The summed E-state index contributed by atoms with van der Waals surface area (Å²) in [5.41, 5.74) is 3.95. The average Bonchev–Trinajstić information content (AvgIpc) is 2.91. The molecule has 36 heavy (non-hydrogen) atoms. The monoisotopic (exact) mass is 542 g/mol. The van der Waals surface area contributed by atoms with Crippen LogP contribution in [0.15, 0.2) is 113 Å². The lowest BCUT2D eigenvalue weighted by Crippen LogP contribution is -2.18. The third-order valence-electron chi connectivity index (χ3n) is 4.91. The van der Waals surface area contributed by atoms with Gasteiger partial charge >= 0.3 is 11.9 Å². The van der Waals surface area contributed by atoms with Crippen LogP contribution in [0.25, 0.3) is 0 Å². The molecule has 1 N–H and O–H groups in total. The minimum absolute atomic E-state index is 0.0982. The van der Waals surface area contributed by atoms with Crippen molar-refractivity contribution in [1.82, 2.24) is 5.43 Å². The molecular weight excluding hydrogens is 524 g/mol. The molecule has 0 aliphatic rings. The van der Waals surface area contributed by atoms with Gasteiger partial charge in [-0.2, -0.15) is 5.10 Å². The fourth-order valence-electron chi connectivity index (χ4n) is 3.11. The van der Waals surface area contributed by atoms with Crippen LogP contribution in [0.3, 0.4) is 0 Å². The lowest BCUT2D eigenvalue weighted by molar-refractivity contribution is 0.0732. The first-order chi connectivity index (χ1) is 17.5. The molecule has 4 aromatic carbocycles. The molecule has 0 saturated carbocycles. The maximum atomic E-state index is 12.7. The number of rotatable bonds is 7. The molecule has 0 aliphatic heterocycles. The Labute approximate surface area is 215 Å². The van der Waals surface area contributed by atoms with Gasteiger partial charge in [0.1, 0.15) is 11.5 Å². The number of carbonyl (C=O) groups excluding carboxylic acids is 3. The summed E-state index contributed by atoms with van der Waals surface area (Å²) in [7, 11) is 0. The molecule has 8 heteroatoms. The molecule has 0 fully saturated rings. The molecule has 0 heterocycles. The van der Waals surface area contributed by atoms with Gasteiger partial charge in [0, 0.05) is 16.1 Å². The number of hydrogen-bond donors (Lipinski definition) is 1. The molecule has 4 aromatic rings. The lowest BCUT2D eigenvalue weighted by Gasteiger charge is -2.10. The highest BCUT2D eigenvalue weighted by Crippen LogP contribution is 2.26. The summed E-state index contributed by atoms with van der Waals surface area (Å²) < 4.78 is 11.7. The zero-order valence-electron chi connectivity index (χ0n) is 18.8. The average molecular weight is 543 g/mol. The van der Waals surface area contributed by atoms with Crippen LogP contribution < -0.4 is 14.9 Å². The van der Waals surface area contributed by atoms with Crippen molar-refractivity contribution in [3.63, 3.8) is 0 Å². The normalized spacial score (nSPS) is 10.6. The maximum absolute atomic E-state index is 12.7. The second kappa shape index (κ2) is 11.7. The smallest absolute Gasteiger partial charge is 0.343 e. The summed E-state index contributed by atoms with van der Waals surface area (Å²) in [5.74, 6) is -1.31. The SMILES string of the molecule is O=C(Oc1ccc(C=NNC(=O)c2ccccc2Br)c(OC(=O)c2ccccc2)c1)c1ccccc1. The second-order valence-electron chi connectivity index (χ2n) is 7.39. The summed E-state index contributed by atoms with van der Waals surface area (Å²) in [6.45, 7) is 0. The molecule has 0 radical (unpaired) electrons. The van der Waals surface area contributed by atoms with Gasteiger partial charge in [0.25, 0.3) is 5.91 Å². The highest BCUT2D eigenvalue weighted by atomic mass is 79.9. The maximum Gasteiger partial charge on any atom is 0.343 e. The van der Waals surface area contributed by atoms with Gasteiger partial charge in [-0.15, -0.1) is 0 Å². The van der Waals surface area contributed by atoms with Crippen LogP contribution in [0.2, 0.25) is 0 Å². The van der Waals surface area contributed by atoms with Crippen LogP contribution in [0, 0.1) is 0 Å². The number of carbonyl (C=O) groups is 3. The van der Waals surface area contributed by atoms with E-state index in [1.165, 1.54) is 18.3 Å². The molecule has 0 bridgehead atoms. The number of esters is 2. The fraction of sp³-hybridized carbons (Fsp3) is 0. The number of nitrogens with zero attached hydrogens (tertiary/aromatic N) is 1. The molecule has 0 spiro atoms. The van der Waals surface area contributed by atoms with Crippen molar-refractivity contribution in [3.8, 4) is 11.5 Å². The van der Waals surface area contributed by atoms with Crippen molar-refractivity contribution >= 4 is 40.0 Å². The molecule has 7 nitrogen and oxygen atoms in total. The van der Waals surface area contributed by atoms with Gasteiger partial charge in [0.05, 0.1) is 22.9 Å². The summed E-state index contributed by atoms with van der Waals surface area (Å²) in [6.07, 6.45) is 1.34. The minimum atomic E-state index is -0.603. The Morgan fingerprint density at radius 3 is 1.94 bits per heavy atom. The summed E-state index contributed by atoms with van der Waals surface area (Å²) >= 11 is 3.33. The van der Waals surface area contributed by atoms with Crippen molar-refractivity contribution in [2.75, 3.05) is 0 Å². The summed E-state index contributed by atoms with van der Waals surface area (Å²) in [5, 5.41) is 3.99. The van der Waals surface area contributed by atoms with E-state index in [0.29, 0.717) is 26.7 Å². The number of benzene rings is 4. The molecule has 0 atom stereocenters. The molecule has 0 aromatic heterocycles. The largest absolute Gasteiger partial charge is 0.423 e. The third-order valence-corrected chi connectivity index (χ3v) is 5.60. The van der Waals surface area contributed by atoms with Crippen molar-refractivity contribution in [1.29, 1.82) is 0 Å². The quantitative estimate of drug-likeness (QED) is 0.141. The van der Waals surface area contributed by atoms with E-state index in [-0.39, 0.29) is 11.5 Å². The number of nitrogens with one attached hydrogen (secondary N) is 1. The molecular formula is C28H19BrN2O5. The zero-order chi connectivity index (χ0) is 25.3. The molecule has 1 amide bonds. The molecule has 4 rings (SSSR count). The van der Waals surface area contributed by atoms with Gasteiger partial charge in [0.15, 0.2) is 0 Å². The van der Waals surface area contributed by atoms with Gasteiger partial charge in [-0.05, 0) is 64.5 Å². The van der Waals surface area contributed by atoms with E-state index in [4.69, 9.17) is 9.47 Å². The standard InChI is InChI=1S/C28H19BrN2O5/c29-24-14-8-7-13-23(24)26(32)31-30-18-21-15-16-22(35-27(33)19-9-3-1-4-10-19)17-25(21)36-28(34)20-11-5-2-6-12-20/h1-18H,(H,31,32). The van der Waals surface area contributed by atoms with Crippen molar-refractivity contribution in [3.05, 3.63) is 130 Å². The summed E-state index contributed by atoms with van der Waals surface area (Å²) in [6, 6.07) is 28.4. The first-order valence-electron chi connectivity index (χ1n) is 10.8. The van der Waals surface area contributed by atoms with E-state index in [1.807, 2.05) is 0 Å². The van der Waals surface area contributed by atoms with Crippen LogP contribution >= 0.6 is 15.9 Å². The lowest BCUT2D eigenvalue weighted by atomic mass is 10.2. The Morgan fingerprint density at radius 1 is 0.722 bits per heavy atom. The van der Waals surface area contributed by atoms with E-state index in [0.717, 1.165) is 0 Å². The van der Waals surface area contributed by atoms with Crippen molar-refractivity contribution in [2.24, 2.45) is 5.10 Å². The number of ether oxygens (including phenoxy) is 2. The predicted molar refractivity (Wildman–Crippen MR) is 138 cm³/mol. The highest BCUT2D eigenvalue weighted by molar-refractivity contribution is 9.10. The highest BCUT2D eigenvalue weighted by Gasteiger charge is 2.15. The van der Waals surface area contributed by atoms with Crippen LogP contribution in [0.5, 0.6) is 11.5 Å². The van der Waals surface area contributed by atoms with Crippen molar-refractivity contribution < 1.29 is 23.9 Å². The van der Waals surface area contributed by atoms with Crippen LogP contribution in [-0.4, -0.2) is 24.1 Å². The second-order valence-corrected chi connectivity index (χ2v) is 8.24. The Bertz CT molecular complexity index is 1420. The molecule has 0 unspecified atom stereocenters. The van der Waals surface area contributed by atoms with Gasteiger partial charge in [-0.25, -0.2) is 15.0 Å². The first-order valence-corrected chi connectivity index (χ1v) is 11.6. The zero-order valence-corrected chi connectivity index (χ0v) is 20.3. The number of amides is 1. The van der Waals surface area contributed by atoms with Gasteiger partial charge < -0.3 is 9.47 Å². The minimum Gasteiger partial charge on any atom is -0.423 e. The van der Waals surface area contributed by atoms with Crippen molar-refractivity contribution in [2.45, 2.75) is 0 Å². The topological polar surface area (TPSA) is 94.1 Å². The van der Waals surface area contributed by atoms with Crippen LogP contribution in [-0.2, 0) is 0 Å². The number of halogens is 1. The number of hydrazone groups is 1.